The Bertz CT molecular complexity index is 518. The number of benzene rings is 1. The lowest BCUT2D eigenvalue weighted by atomic mass is 9.79. The number of methoxy groups -OCH3 is 1. The fourth-order valence-corrected chi connectivity index (χ4v) is 4.13. The molecule has 3 rings (SSSR count). The molecule has 25 heavy (non-hydrogen) atoms. The molecule has 0 aromatic heterocycles. The van der Waals surface area contributed by atoms with E-state index >= 15 is 0 Å². The van der Waals surface area contributed by atoms with Crippen LogP contribution in [0.15, 0.2) is 12.1 Å². The first-order valence-electron chi connectivity index (χ1n) is 8.72. The van der Waals surface area contributed by atoms with Gasteiger partial charge in [0, 0.05) is 43.9 Å². The summed E-state index contributed by atoms with van der Waals surface area (Å²) in [4.78, 5) is 2.40. The van der Waals surface area contributed by atoms with Crippen LogP contribution in [0.1, 0.15) is 43.7 Å². The van der Waals surface area contributed by atoms with Gasteiger partial charge in [0.25, 0.3) is 0 Å². The fourth-order valence-electron chi connectivity index (χ4n) is 4.13. The number of ether oxygens (including phenoxy) is 1. The molecule has 0 radical (unpaired) electrons. The Balaban J connectivity index is 0.00000156. The van der Waals surface area contributed by atoms with E-state index in [0.29, 0.717) is 11.5 Å². The highest BCUT2D eigenvalue weighted by atomic mass is 35.5. The summed E-state index contributed by atoms with van der Waals surface area (Å²) in [5.41, 5.74) is 0.690. The van der Waals surface area contributed by atoms with Crippen LogP contribution < -0.4 is 10.1 Å². The van der Waals surface area contributed by atoms with E-state index in [0.717, 1.165) is 39.0 Å². The monoisotopic (exact) mass is 394 g/mol. The molecule has 7 heteroatoms. The van der Waals surface area contributed by atoms with Gasteiger partial charge in [0.05, 0.1) is 7.11 Å². The first kappa shape index (κ1) is 22.3. The summed E-state index contributed by atoms with van der Waals surface area (Å²) in [6.07, 6.45) is 6.02. The van der Waals surface area contributed by atoms with Gasteiger partial charge in [-0.25, -0.2) is 4.39 Å². The smallest absolute Gasteiger partial charge is 0.163 e. The lowest BCUT2D eigenvalue weighted by Crippen LogP contribution is -2.47. The summed E-state index contributed by atoms with van der Waals surface area (Å²) in [6.45, 7) is 3.74. The first-order chi connectivity index (χ1) is 11.2. The highest BCUT2D eigenvalue weighted by Crippen LogP contribution is 2.44. The van der Waals surface area contributed by atoms with Gasteiger partial charge in [0.2, 0.25) is 0 Å². The minimum Gasteiger partial charge on any atom is -0.504 e. The number of halogens is 3. The number of hydrogen-bond donors (Lipinski definition) is 2. The predicted octanol–water partition coefficient (Wildman–Crippen LogP) is 3.91. The average molecular weight is 395 g/mol. The van der Waals surface area contributed by atoms with Gasteiger partial charge in [0.1, 0.15) is 5.82 Å². The van der Waals surface area contributed by atoms with Gasteiger partial charge < -0.3 is 15.2 Å². The van der Waals surface area contributed by atoms with Gasteiger partial charge in [-0.3, -0.25) is 4.90 Å². The lowest BCUT2D eigenvalue weighted by Gasteiger charge is -2.41. The molecule has 1 aliphatic heterocycles. The maximum absolute atomic E-state index is 14.1. The van der Waals surface area contributed by atoms with Crippen molar-refractivity contribution in [2.24, 2.45) is 5.92 Å². The van der Waals surface area contributed by atoms with Crippen LogP contribution in [0, 0.1) is 11.7 Å². The zero-order valence-corrected chi connectivity index (χ0v) is 16.3. The van der Waals surface area contributed by atoms with Crippen molar-refractivity contribution in [2.45, 2.75) is 38.1 Å². The molecule has 1 aromatic rings. The van der Waals surface area contributed by atoms with Gasteiger partial charge in [-0.05, 0) is 24.8 Å². The lowest BCUT2D eigenvalue weighted by molar-refractivity contribution is 0.101. The topological polar surface area (TPSA) is 44.7 Å². The van der Waals surface area contributed by atoms with Gasteiger partial charge >= 0.3 is 0 Å². The molecular weight excluding hydrogens is 366 g/mol. The molecule has 1 aromatic carbocycles. The number of hydrogen-bond acceptors (Lipinski definition) is 4. The number of aromatic hydroxyl groups is 1. The Morgan fingerprint density at radius 1 is 1.16 bits per heavy atom. The van der Waals surface area contributed by atoms with Crippen molar-refractivity contribution in [3.8, 4) is 11.5 Å². The molecule has 0 amide bonds. The molecule has 1 heterocycles. The van der Waals surface area contributed by atoms with Crippen molar-refractivity contribution in [2.75, 3.05) is 33.3 Å². The summed E-state index contributed by atoms with van der Waals surface area (Å²) in [5.74, 6) is 0.462. The molecule has 0 bridgehead atoms. The van der Waals surface area contributed by atoms with Gasteiger partial charge in [0.15, 0.2) is 11.5 Å². The van der Waals surface area contributed by atoms with Crippen molar-refractivity contribution >= 4 is 24.8 Å². The Kier molecular flexibility index (Phi) is 9.28. The summed E-state index contributed by atoms with van der Waals surface area (Å²) < 4.78 is 19.2. The van der Waals surface area contributed by atoms with Crippen LogP contribution in [-0.4, -0.2) is 43.3 Å². The second-order valence-corrected chi connectivity index (χ2v) is 6.67. The van der Waals surface area contributed by atoms with E-state index in [1.54, 1.807) is 0 Å². The standard InChI is InChI=1S/C18H27FN2O2.2ClH/c1-23-16-12-14(19)11-15(18(16)22)17(13-5-3-2-4-6-13)21-9-7-20-8-10-21;;/h11-13,17,20,22H,2-10H2,1H3;2*1H/t17-;;/m1../s1. The van der Waals surface area contributed by atoms with Gasteiger partial charge in [-0.15, -0.1) is 24.8 Å². The molecule has 2 aliphatic rings. The molecule has 0 spiro atoms. The van der Waals surface area contributed by atoms with E-state index in [-0.39, 0.29) is 48.2 Å². The molecule has 4 nitrogen and oxygen atoms in total. The molecule has 2 fully saturated rings. The number of nitrogens with zero attached hydrogens (tertiary/aromatic N) is 1. The van der Waals surface area contributed by atoms with E-state index in [4.69, 9.17) is 4.74 Å². The Labute approximate surface area is 161 Å². The Morgan fingerprint density at radius 3 is 2.40 bits per heavy atom. The number of phenolic OH excluding ortho intramolecular Hbond substituents is 1. The molecule has 1 atom stereocenters. The largest absolute Gasteiger partial charge is 0.504 e. The van der Waals surface area contributed by atoms with Crippen molar-refractivity contribution in [1.29, 1.82) is 0 Å². The highest BCUT2D eigenvalue weighted by Gasteiger charge is 2.33. The number of nitrogens with one attached hydrogen (secondary N) is 1. The highest BCUT2D eigenvalue weighted by molar-refractivity contribution is 5.85. The molecule has 144 valence electrons. The quantitative estimate of drug-likeness (QED) is 0.812. The van der Waals surface area contributed by atoms with E-state index < -0.39 is 0 Å². The zero-order chi connectivity index (χ0) is 16.2. The Morgan fingerprint density at radius 2 is 1.80 bits per heavy atom. The third kappa shape index (κ3) is 5.13. The van der Waals surface area contributed by atoms with Crippen molar-refractivity contribution < 1.29 is 14.2 Å². The zero-order valence-electron chi connectivity index (χ0n) is 14.7. The van der Waals surface area contributed by atoms with Crippen LogP contribution in [0.4, 0.5) is 4.39 Å². The van der Waals surface area contributed by atoms with Crippen LogP contribution >= 0.6 is 24.8 Å². The minimum absolute atomic E-state index is 0. The Hall–Kier alpha value is -0.750. The number of rotatable bonds is 4. The van der Waals surface area contributed by atoms with Crippen LogP contribution in [-0.2, 0) is 0 Å². The average Bonchev–Trinajstić information content (AvgIpc) is 2.60. The fraction of sp³-hybridized carbons (Fsp3) is 0.667. The molecule has 0 unspecified atom stereocenters. The molecule has 2 N–H and O–H groups in total. The maximum atomic E-state index is 14.1. The van der Waals surface area contributed by atoms with E-state index in [2.05, 4.69) is 10.2 Å². The summed E-state index contributed by atoms with van der Waals surface area (Å²) in [7, 11) is 1.47. The van der Waals surface area contributed by atoms with Crippen molar-refractivity contribution in [3.63, 3.8) is 0 Å². The summed E-state index contributed by atoms with van der Waals surface area (Å²) in [5, 5.41) is 14.0. The van der Waals surface area contributed by atoms with E-state index in [9.17, 15) is 9.50 Å². The summed E-state index contributed by atoms with van der Waals surface area (Å²) in [6, 6.07) is 2.83. The molecule has 1 saturated carbocycles. The molecule has 1 saturated heterocycles. The second-order valence-electron chi connectivity index (χ2n) is 6.67. The normalized spacial score (nSPS) is 20.2. The number of phenols is 1. The van der Waals surface area contributed by atoms with Crippen molar-refractivity contribution in [3.05, 3.63) is 23.5 Å². The first-order valence-corrected chi connectivity index (χ1v) is 8.72. The molecular formula is C18H29Cl2FN2O2. The van der Waals surface area contributed by atoms with Crippen molar-refractivity contribution in [1.82, 2.24) is 10.2 Å². The van der Waals surface area contributed by atoms with Gasteiger partial charge in [-0.1, -0.05) is 19.3 Å². The van der Waals surface area contributed by atoms with E-state index in [1.165, 1.54) is 38.5 Å². The third-order valence-electron chi connectivity index (χ3n) is 5.25. The summed E-state index contributed by atoms with van der Waals surface area (Å²) >= 11 is 0. The van der Waals surface area contributed by atoms with E-state index in [1.807, 2.05) is 0 Å². The van der Waals surface area contributed by atoms with Crippen LogP contribution in [0.5, 0.6) is 11.5 Å². The predicted molar refractivity (Wildman–Crippen MR) is 103 cm³/mol. The maximum Gasteiger partial charge on any atom is 0.163 e. The minimum atomic E-state index is -0.342. The third-order valence-corrected chi connectivity index (χ3v) is 5.25. The van der Waals surface area contributed by atoms with Crippen LogP contribution in [0.25, 0.3) is 0 Å². The molecule has 1 aliphatic carbocycles. The van der Waals surface area contributed by atoms with Crippen LogP contribution in [0.2, 0.25) is 0 Å². The van der Waals surface area contributed by atoms with Crippen LogP contribution in [0.3, 0.4) is 0 Å². The van der Waals surface area contributed by atoms with Gasteiger partial charge in [-0.2, -0.15) is 0 Å². The number of piperazine rings is 1. The SMILES string of the molecule is COc1cc(F)cc([C@@H](C2CCCCC2)N2CCNCC2)c1O.Cl.Cl. The second kappa shape index (κ2) is 10.4.